The molecular formula is C46H55F2NO13S. The van der Waals surface area contributed by atoms with Gasteiger partial charge in [-0.1, -0.05) is 100 Å². The van der Waals surface area contributed by atoms with Crippen molar-refractivity contribution in [3.63, 3.8) is 0 Å². The fraction of sp³-hybridized carbons (Fsp3) is 0.348. The van der Waals surface area contributed by atoms with Crippen LogP contribution >= 0.6 is 0 Å². The highest BCUT2D eigenvalue weighted by molar-refractivity contribution is 7.79. The van der Waals surface area contributed by atoms with Crippen LogP contribution in [-0.2, 0) is 31.9 Å². The van der Waals surface area contributed by atoms with Gasteiger partial charge in [-0.3, -0.25) is 19.2 Å². The molecule has 4 rings (SSSR count). The second-order valence-corrected chi connectivity index (χ2v) is 14.7. The number of halogens is 2. The number of aliphatic carboxylic acids is 2. The van der Waals surface area contributed by atoms with Gasteiger partial charge in [-0.25, -0.2) is 13.8 Å². The number of carboxylic acid groups (broad SMARTS) is 4. The second-order valence-electron chi connectivity index (χ2n) is 13.7. The van der Waals surface area contributed by atoms with Crippen molar-refractivity contribution in [1.82, 2.24) is 0 Å². The van der Waals surface area contributed by atoms with Crippen LogP contribution in [-0.4, -0.2) is 71.4 Å². The Hall–Kier alpha value is -6.33. The van der Waals surface area contributed by atoms with Gasteiger partial charge in [-0.15, -0.1) is 0 Å². The van der Waals surface area contributed by atoms with Gasteiger partial charge < -0.3 is 35.0 Å². The van der Waals surface area contributed by atoms with Crippen molar-refractivity contribution in [1.29, 1.82) is 0 Å². The number of amides is 1. The van der Waals surface area contributed by atoms with E-state index in [-0.39, 0.29) is 40.5 Å². The number of hydrogen-bond donors (Lipinski definition) is 6. The molecule has 0 saturated heterocycles. The molecule has 0 saturated carbocycles. The molecule has 0 aliphatic heterocycles. The maximum Gasteiger partial charge on any atom is 0.387 e. The molecule has 1 atom stereocenters. The number of carbonyl (C=O) groups is 6. The third-order valence-corrected chi connectivity index (χ3v) is 9.33. The molecule has 4 aromatic carbocycles. The second kappa shape index (κ2) is 32.4. The Morgan fingerprint density at radius 2 is 1.17 bits per heavy atom. The monoisotopic (exact) mass is 899 g/mol. The zero-order valence-corrected chi connectivity index (χ0v) is 35.8. The molecule has 0 aliphatic rings. The van der Waals surface area contributed by atoms with Gasteiger partial charge >= 0.3 is 30.5 Å². The SMILES string of the molecule is CCCCCCC(=O)CCCCCCCCC(=O)O.O=C(O)Cc1cccc(OC(F)F)c1.O=C(O)c1cccc(NC(=O)c2ccccc2)c1.O=C(O)c1ccccc1S(=O)O. The number of carbonyl (C=O) groups excluding carboxylic acids is 2. The molecule has 0 heterocycles. The Morgan fingerprint density at radius 3 is 1.71 bits per heavy atom. The predicted molar refractivity (Wildman–Crippen MR) is 233 cm³/mol. The number of aromatic carboxylic acids is 2. The molecule has 0 bridgehead atoms. The topological polar surface area (TPSA) is 242 Å². The van der Waals surface area contributed by atoms with Crippen LogP contribution in [0.4, 0.5) is 14.5 Å². The van der Waals surface area contributed by atoms with E-state index in [1.165, 1.54) is 79.9 Å². The van der Waals surface area contributed by atoms with Crippen molar-refractivity contribution in [3.8, 4) is 5.75 Å². The quantitative estimate of drug-likeness (QED) is 0.0300. The molecule has 0 spiro atoms. The molecule has 1 amide bonds. The summed E-state index contributed by atoms with van der Waals surface area (Å²) in [4.78, 5) is 65.2. The van der Waals surface area contributed by atoms with Crippen LogP contribution in [0.15, 0.2) is 108 Å². The van der Waals surface area contributed by atoms with E-state index in [2.05, 4.69) is 17.0 Å². The maximum atomic E-state index is 11.8. The Labute approximate surface area is 367 Å². The van der Waals surface area contributed by atoms with Gasteiger partial charge in [-0.05, 0) is 79.4 Å². The molecule has 0 aromatic heterocycles. The molecule has 4 aromatic rings. The van der Waals surface area contributed by atoms with E-state index in [0.717, 1.165) is 57.8 Å². The summed E-state index contributed by atoms with van der Waals surface area (Å²) in [6.07, 6.45) is 12.4. The minimum absolute atomic E-state index is 0.0289. The lowest BCUT2D eigenvalue weighted by Crippen LogP contribution is -2.12. The number of unbranched alkanes of at least 4 members (excludes halogenated alkanes) is 8. The maximum absolute atomic E-state index is 11.8. The summed E-state index contributed by atoms with van der Waals surface area (Å²) in [5.74, 6) is -3.81. The summed E-state index contributed by atoms with van der Waals surface area (Å²) < 4.78 is 46.9. The summed E-state index contributed by atoms with van der Waals surface area (Å²) in [5, 5.41) is 37.0. The molecule has 1 unspecified atom stereocenters. The summed E-state index contributed by atoms with van der Waals surface area (Å²) in [5.41, 5.74) is 1.41. The van der Waals surface area contributed by atoms with Gasteiger partial charge in [0, 0.05) is 30.5 Å². The van der Waals surface area contributed by atoms with Gasteiger partial charge in [0.2, 0.25) is 0 Å². The van der Waals surface area contributed by atoms with Gasteiger partial charge in [0.05, 0.1) is 22.4 Å². The molecule has 0 fully saturated rings. The van der Waals surface area contributed by atoms with Gasteiger partial charge in [-0.2, -0.15) is 8.78 Å². The normalized spacial score (nSPS) is 10.6. The molecule has 0 radical (unpaired) electrons. The zero-order valence-electron chi connectivity index (χ0n) is 35.0. The van der Waals surface area contributed by atoms with E-state index in [9.17, 15) is 41.8 Å². The molecule has 14 nitrogen and oxygen atoms in total. The Balaban J connectivity index is 0.000000426. The average Bonchev–Trinajstić information content (AvgIpc) is 3.24. The Kier molecular flexibility index (Phi) is 28.1. The van der Waals surface area contributed by atoms with Crippen LogP contribution in [0.1, 0.15) is 127 Å². The largest absolute Gasteiger partial charge is 0.481 e. The van der Waals surface area contributed by atoms with E-state index in [4.69, 9.17) is 25.0 Å². The zero-order chi connectivity index (χ0) is 47.0. The number of ether oxygens (including phenoxy) is 1. The number of Topliss-reactive ketones (excluding diaryl/α,β-unsaturated/α-hetero) is 1. The summed E-state index contributed by atoms with van der Waals surface area (Å²) in [6, 6.07) is 26.1. The highest BCUT2D eigenvalue weighted by Gasteiger charge is 2.12. The highest BCUT2D eigenvalue weighted by Crippen LogP contribution is 2.17. The summed E-state index contributed by atoms with van der Waals surface area (Å²) >= 11 is -2.24. The summed E-state index contributed by atoms with van der Waals surface area (Å²) in [7, 11) is 0. The van der Waals surface area contributed by atoms with Crippen LogP contribution in [0.3, 0.4) is 0 Å². The lowest BCUT2D eigenvalue weighted by atomic mass is 10.0. The highest BCUT2D eigenvalue weighted by atomic mass is 32.2. The number of anilines is 1. The number of ketones is 1. The molecule has 6 N–H and O–H groups in total. The van der Waals surface area contributed by atoms with Crippen molar-refractivity contribution >= 4 is 52.3 Å². The van der Waals surface area contributed by atoms with Gasteiger partial charge in [0.25, 0.3) is 5.91 Å². The van der Waals surface area contributed by atoms with E-state index in [1.54, 1.807) is 36.4 Å². The first kappa shape index (κ1) is 54.7. The predicted octanol–water partition coefficient (Wildman–Crippen LogP) is 10.2. The first-order valence-corrected chi connectivity index (χ1v) is 21.3. The third-order valence-electron chi connectivity index (χ3n) is 8.59. The molecule has 17 heteroatoms. The lowest BCUT2D eigenvalue weighted by Gasteiger charge is -2.05. The van der Waals surface area contributed by atoms with Crippen molar-refractivity contribution in [2.24, 2.45) is 0 Å². The number of benzene rings is 4. The number of carboxylic acids is 4. The van der Waals surface area contributed by atoms with Crippen LogP contribution in [0.25, 0.3) is 0 Å². The van der Waals surface area contributed by atoms with Crippen LogP contribution in [0.5, 0.6) is 5.75 Å². The smallest absolute Gasteiger partial charge is 0.387 e. The van der Waals surface area contributed by atoms with Crippen molar-refractivity contribution < 1.29 is 71.5 Å². The number of rotatable bonds is 23. The van der Waals surface area contributed by atoms with Crippen LogP contribution in [0, 0.1) is 0 Å². The molecular weight excluding hydrogens is 845 g/mol. The molecule has 63 heavy (non-hydrogen) atoms. The Morgan fingerprint density at radius 1 is 0.619 bits per heavy atom. The van der Waals surface area contributed by atoms with Crippen molar-refractivity contribution in [2.45, 2.75) is 108 Å². The Bertz CT molecular complexity index is 2010. The minimum atomic E-state index is -2.89. The van der Waals surface area contributed by atoms with E-state index < -0.39 is 41.6 Å². The number of hydrogen-bond acceptors (Lipinski definition) is 8. The van der Waals surface area contributed by atoms with Crippen LogP contribution in [0.2, 0.25) is 0 Å². The molecule has 0 aliphatic carbocycles. The third kappa shape index (κ3) is 26.6. The first-order chi connectivity index (χ1) is 30.0. The van der Waals surface area contributed by atoms with E-state index in [1.807, 2.05) is 6.07 Å². The summed E-state index contributed by atoms with van der Waals surface area (Å²) in [6.45, 7) is -0.715. The lowest BCUT2D eigenvalue weighted by molar-refractivity contribution is -0.137. The molecule has 342 valence electrons. The van der Waals surface area contributed by atoms with E-state index in [0.29, 0.717) is 22.6 Å². The standard InChI is InChI=1S/C16H30O3.C14H11NO3.C9H8F2O3.C7H6O4S/c1-2-3-4-9-12-15(17)13-10-7-5-6-8-11-14-16(18)19;16-13(10-5-2-1-3-6-10)15-12-8-4-7-11(9-12)14(17)18;10-9(11)14-7-3-1-2-6(4-7)5-8(12)13;8-7(9)5-3-1-2-4-6(5)12(10)11/h2-14H2,1H3,(H,18,19);1-9H,(H,15,16)(H,17,18);1-4,9H,5H2,(H,12,13);1-4H,(H,8,9)(H,10,11). The number of alkyl halides is 2. The fourth-order valence-corrected chi connectivity index (χ4v) is 6.04. The van der Waals surface area contributed by atoms with Gasteiger partial charge in [0.15, 0.2) is 11.1 Å². The first-order valence-electron chi connectivity index (χ1n) is 20.2. The average molecular weight is 900 g/mol. The fourth-order valence-electron chi connectivity index (χ4n) is 5.50. The van der Waals surface area contributed by atoms with Gasteiger partial charge in [0.1, 0.15) is 11.5 Å². The number of nitrogens with one attached hydrogen (secondary N) is 1. The van der Waals surface area contributed by atoms with Crippen molar-refractivity contribution in [2.75, 3.05) is 5.32 Å². The van der Waals surface area contributed by atoms with Crippen LogP contribution < -0.4 is 10.1 Å². The van der Waals surface area contributed by atoms with Crippen molar-refractivity contribution in [3.05, 3.63) is 125 Å². The minimum Gasteiger partial charge on any atom is -0.481 e. The van der Waals surface area contributed by atoms with E-state index >= 15 is 0 Å².